The fraction of sp³-hybridized carbons (Fsp3) is 1.00. The van der Waals surface area contributed by atoms with Crippen LogP contribution in [-0.2, 0) is 9.47 Å². The summed E-state index contributed by atoms with van der Waals surface area (Å²) in [5, 5.41) is 4.05. The van der Waals surface area contributed by atoms with Crippen molar-refractivity contribution in [1.82, 2.24) is 10.2 Å². The lowest BCUT2D eigenvalue weighted by Gasteiger charge is -2.40. The molecule has 2 atom stereocenters. The highest BCUT2D eigenvalue weighted by atomic mass is 32.2. The van der Waals surface area contributed by atoms with E-state index in [0.29, 0.717) is 11.3 Å². The first-order chi connectivity index (χ1) is 8.65. The standard InChI is InChI=1S/C13H26N2O2S/c1-14-11-4-5-13(16-7-8-17-13)10-12(11)18-9-6-15(2)3/h11-12,14H,4-10H2,1-3H3. The number of nitrogens with one attached hydrogen (secondary N) is 1. The van der Waals surface area contributed by atoms with Gasteiger partial charge in [0.1, 0.15) is 0 Å². The summed E-state index contributed by atoms with van der Waals surface area (Å²) >= 11 is 2.06. The van der Waals surface area contributed by atoms with Crippen LogP contribution in [0, 0.1) is 0 Å². The predicted octanol–water partition coefficient (Wildman–Crippen LogP) is 1.16. The van der Waals surface area contributed by atoms with E-state index in [-0.39, 0.29) is 5.79 Å². The monoisotopic (exact) mass is 274 g/mol. The molecule has 1 saturated carbocycles. The van der Waals surface area contributed by atoms with Crippen molar-refractivity contribution >= 4 is 11.8 Å². The molecule has 2 rings (SSSR count). The summed E-state index contributed by atoms with van der Waals surface area (Å²) < 4.78 is 11.7. The third-order valence-electron chi connectivity index (χ3n) is 3.85. The van der Waals surface area contributed by atoms with Gasteiger partial charge in [0.25, 0.3) is 0 Å². The summed E-state index contributed by atoms with van der Waals surface area (Å²) in [7, 11) is 6.32. The molecular weight excluding hydrogens is 248 g/mol. The maximum atomic E-state index is 5.86. The van der Waals surface area contributed by atoms with Crippen LogP contribution in [0.2, 0.25) is 0 Å². The smallest absolute Gasteiger partial charge is 0.169 e. The molecule has 1 aliphatic heterocycles. The molecule has 1 aliphatic carbocycles. The van der Waals surface area contributed by atoms with Crippen molar-refractivity contribution in [2.24, 2.45) is 0 Å². The Balaban J connectivity index is 1.86. The Bertz CT molecular complexity index is 257. The van der Waals surface area contributed by atoms with Crippen LogP contribution in [0.15, 0.2) is 0 Å². The fourth-order valence-corrected chi connectivity index (χ4v) is 4.41. The van der Waals surface area contributed by atoms with Crippen molar-refractivity contribution in [3.05, 3.63) is 0 Å². The molecule has 18 heavy (non-hydrogen) atoms. The molecule has 106 valence electrons. The van der Waals surface area contributed by atoms with Crippen molar-refractivity contribution in [2.45, 2.75) is 36.3 Å². The van der Waals surface area contributed by atoms with Crippen molar-refractivity contribution in [2.75, 3.05) is 46.7 Å². The Morgan fingerprint density at radius 1 is 1.33 bits per heavy atom. The second kappa shape index (κ2) is 6.57. The molecule has 1 N–H and O–H groups in total. The van der Waals surface area contributed by atoms with Gasteiger partial charge in [-0.25, -0.2) is 0 Å². The molecule has 2 aliphatic rings. The van der Waals surface area contributed by atoms with Gasteiger partial charge >= 0.3 is 0 Å². The zero-order valence-corrected chi connectivity index (χ0v) is 12.6. The Morgan fingerprint density at radius 2 is 2.06 bits per heavy atom. The van der Waals surface area contributed by atoms with E-state index in [1.807, 2.05) is 0 Å². The number of hydrogen-bond acceptors (Lipinski definition) is 5. The highest BCUT2D eigenvalue weighted by molar-refractivity contribution is 8.00. The van der Waals surface area contributed by atoms with Gasteiger partial charge < -0.3 is 19.7 Å². The molecule has 0 amide bonds. The van der Waals surface area contributed by atoms with Gasteiger partial charge in [-0.1, -0.05) is 0 Å². The number of hydrogen-bond donors (Lipinski definition) is 1. The van der Waals surface area contributed by atoms with E-state index in [9.17, 15) is 0 Å². The van der Waals surface area contributed by atoms with E-state index in [2.05, 4.69) is 43.1 Å². The van der Waals surface area contributed by atoms with Crippen LogP contribution in [0.3, 0.4) is 0 Å². The van der Waals surface area contributed by atoms with Gasteiger partial charge in [0.2, 0.25) is 0 Å². The lowest BCUT2D eigenvalue weighted by Crippen LogP contribution is -2.49. The van der Waals surface area contributed by atoms with Crippen LogP contribution in [0.5, 0.6) is 0 Å². The van der Waals surface area contributed by atoms with Gasteiger partial charge in [0.15, 0.2) is 5.79 Å². The number of nitrogens with zero attached hydrogens (tertiary/aromatic N) is 1. The van der Waals surface area contributed by atoms with E-state index in [1.54, 1.807) is 0 Å². The number of ether oxygens (including phenoxy) is 2. The molecule has 0 radical (unpaired) electrons. The molecule has 1 heterocycles. The van der Waals surface area contributed by atoms with E-state index < -0.39 is 0 Å². The summed E-state index contributed by atoms with van der Waals surface area (Å²) in [6.07, 6.45) is 3.20. The van der Waals surface area contributed by atoms with Gasteiger partial charge in [-0.3, -0.25) is 0 Å². The Labute approximate surface area is 115 Å². The summed E-state index contributed by atoms with van der Waals surface area (Å²) in [6.45, 7) is 2.66. The maximum absolute atomic E-state index is 5.86. The largest absolute Gasteiger partial charge is 0.347 e. The summed E-state index contributed by atoms with van der Waals surface area (Å²) in [6, 6.07) is 0.593. The molecule has 2 fully saturated rings. The molecule has 1 saturated heterocycles. The van der Waals surface area contributed by atoms with Crippen LogP contribution in [0.25, 0.3) is 0 Å². The third-order valence-corrected chi connectivity index (χ3v) is 5.19. The van der Waals surface area contributed by atoms with E-state index >= 15 is 0 Å². The molecule has 0 aromatic heterocycles. The lowest BCUT2D eigenvalue weighted by atomic mass is 9.89. The first kappa shape index (κ1) is 14.6. The van der Waals surface area contributed by atoms with Crippen LogP contribution in [-0.4, -0.2) is 68.6 Å². The Kier molecular flexibility index (Phi) is 5.33. The van der Waals surface area contributed by atoms with Gasteiger partial charge in [-0.15, -0.1) is 0 Å². The maximum Gasteiger partial charge on any atom is 0.169 e. The molecule has 0 bridgehead atoms. The zero-order chi connectivity index (χ0) is 13.0. The molecule has 1 spiro atoms. The molecule has 0 aromatic rings. The van der Waals surface area contributed by atoms with Gasteiger partial charge in [-0.2, -0.15) is 11.8 Å². The summed E-state index contributed by atoms with van der Waals surface area (Å²) in [5.41, 5.74) is 0. The average Bonchev–Trinajstić information content (AvgIpc) is 2.77. The SMILES string of the molecule is CNC1CCC2(CC1SCCN(C)C)OCCO2. The van der Waals surface area contributed by atoms with Gasteiger partial charge in [-0.05, 0) is 27.6 Å². The molecule has 0 aromatic carbocycles. The first-order valence-corrected chi connectivity index (χ1v) is 7.91. The molecule has 2 unspecified atom stereocenters. The molecule has 5 heteroatoms. The first-order valence-electron chi connectivity index (χ1n) is 6.87. The van der Waals surface area contributed by atoms with E-state index in [0.717, 1.165) is 39.0 Å². The number of thioether (sulfide) groups is 1. The second-order valence-corrected chi connectivity index (χ2v) is 6.81. The Morgan fingerprint density at radius 3 is 2.67 bits per heavy atom. The van der Waals surface area contributed by atoms with Crippen LogP contribution < -0.4 is 5.32 Å². The predicted molar refractivity (Wildman–Crippen MR) is 76.1 cm³/mol. The normalized spacial score (nSPS) is 31.3. The minimum absolute atomic E-state index is 0.261. The van der Waals surface area contributed by atoms with Crippen LogP contribution in [0.1, 0.15) is 19.3 Å². The topological polar surface area (TPSA) is 33.7 Å². The fourth-order valence-electron chi connectivity index (χ4n) is 2.76. The van der Waals surface area contributed by atoms with Crippen molar-refractivity contribution in [3.63, 3.8) is 0 Å². The number of rotatable bonds is 5. The van der Waals surface area contributed by atoms with E-state index in [4.69, 9.17) is 9.47 Å². The minimum atomic E-state index is -0.261. The second-order valence-electron chi connectivity index (χ2n) is 5.46. The van der Waals surface area contributed by atoms with Crippen LogP contribution in [0.4, 0.5) is 0 Å². The third kappa shape index (κ3) is 3.61. The van der Waals surface area contributed by atoms with Gasteiger partial charge in [0, 0.05) is 36.4 Å². The summed E-state index contributed by atoms with van der Waals surface area (Å²) in [4.78, 5) is 2.24. The average molecular weight is 274 g/mol. The Hall–Kier alpha value is 0.190. The van der Waals surface area contributed by atoms with Gasteiger partial charge in [0.05, 0.1) is 13.2 Å². The zero-order valence-electron chi connectivity index (χ0n) is 11.8. The van der Waals surface area contributed by atoms with Crippen molar-refractivity contribution in [3.8, 4) is 0 Å². The highest BCUT2D eigenvalue weighted by Gasteiger charge is 2.44. The van der Waals surface area contributed by atoms with E-state index in [1.165, 1.54) is 5.75 Å². The highest BCUT2D eigenvalue weighted by Crippen LogP contribution is 2.40. The van der Waals surface area contributed by atoms with Crippen LogP contribution >= 0.6 is 11.8 Å². The quantitative estimate of drug-likeness (QED) is 0.814. The van der Waals surface area contributed by atoms with Crippen molar-refractivity contribution in [1.29, 1.82) is 0 Å². The minimum Gasteiger partial charge on any atom is -0.347 e. The lowest BCUT2D eigenvalue weighted by molar-refractivity contribution is -0.177. The molecule has 4 nitrogen and oxygen atoms in total. The van der Waals surface area contributed by atoms with Crippen molar-refractivity contribution < 1.29 is 9.47 Å². The molecular formula is C13H26N2O2S. The summed E-state index contributed by atoms with van der Waals surface area (Å²) in [5.74, 6) is 0.912.